The van der Waals surface area contributed by atoms with Crippen molar-refractivity contribution in [1.29, 1.82) is 0 Å². The van der Waals surface area contributed by atoms with E-state index in [2.05, 4.69) is 24.9 Å². The quantitative estimate of drug-likeness (QED) is 0.171. The van der Waals surface area contributed by atoms with E-state index in [1.165, 1.54) is 6.08 Å². The van der Waals surface area contributed by atoms with Crippen molar-refractivity contribution in [2.75, 3.05) is 0 Å². The number of imidazole rings is 1. The van der Waals surface area contributed by atoms with Crippen molar-refractivity contribution in [3.05, 3.63) is 245 Å². The van der Waals surface area contributed by atoms with Crippen molar-refractivity contribution in [2.45, 2.75) is 5.60 Å². The van der Waals surface area contributed by atoms with Gasteiger partial charge in [-0.15, -0.1) is 0 Å². The Balaban J connectivity index is 0.000000657. The summed E-state index contributed by atoms with van der Waals surface area (Å²) in [6, 6.07) is 43.5. The number of benzene rings is 4. The Hall–Kier alpha value is -7.44. The minimum absolute atomic E-state index is 0. The first-order valence-corrected chi connectivity index (χ1v) is 19.0. The van der Waals surface area contributed by atoms with E-state index >= 15 is 5.11 Å². The van der Waals surface area contributed by atoms with Gasteiger partial charge in [0.2, 0.25) is 0 Å². The van der Waals surface area contributed by atoms with Crippen LogP contribution in [0.2, 0.25) is 0 Å². The number of aliphatic imine (C=N–C) groups is 3. The number of carbonyl (C=O) groups excluding carboxylic acids is 1. The predicted molar refractivity (Wildman–Crippen MR) is 227 cm³/mol. The summed E-state index contributed by atoms with van der Waals surface area (Å²) in [5.41, 5.74) is 7.74. The molecule has 1 amide bonds. The molecule has 60 heavy (non-hydrogen) atoms. The van der Waals surface area contributed by atoms with E-state index < -0.39 is 5.60 Å². The number of allylic oxidation sites excluding steroid dienone is 4. The summed E-state index contributed by atoms with van der Waals surface area (Å²) in [5.74, 6) is -0.612. The summed E-state index contributed by atoms with van der Waals surface area (Å²) < 4.78 is 1.89. The molecule has 4 aromatic carbocycles. The Bertz CT molecular complexity index is 2920. The van der Waals surface area contributed by atoms with Crippen LogP contribution in [0, 0.1) is 0 Å². The molecule has 0 saturated carbocycles. The summed E-state index contributed by atoms with van der Waals surface area (Å²) in [6.45, 7) is 0. The van der Waals surface area contributed by atoms with Crippen LogP contribution in [0.1, 0.15) is 55.4 Å². The van der Waals surface area contributed by atoms with E-state index in [1.54, 1.807) is 36.8 Å². The van der Waals surface area contributed by atoms with Crippen LogP contribution in [0.3, 0.4) is 0 Å². The first-order valence-electron chi connectivity index (χ1n) is 19.0. The first-order chi connectivity index (χ1) is 28.9. The number of nitrogens with zero attached hydrogens (tertiary/aromatic N) is 5. The van der Waals surface area contributed by atoms with Crippen molar-refractivity contribution in [3.8, 4) is 0 Å². The molecule has 3 aliphatic heterocycles. The minimum Gasteiger partial charge on any atom is -0.859 e. The van der Waals surface area contributed by atoms with Crippen LogP contribution in [-0.2, 0) is 29.4 Å². The number of H-pyrrole nitrogens is 2. The number of hydrogen-bond acceptors (Lipinski definition) is 6. The third-order valence-corrected chi connectivity index (χ3v) is 10.2. The molecule has 0 saturated heterocycles. The largest absolute Gasteiger partial charge is 2.00 e. The van der Waals surface area contributed by atoms with E-state index in [0.717, 1.165) is 27.8 Å². The predicted octanol–water partition coefficient (Wildman–Crippen LogP) is 6.91. The second-order valence-corrected chi connectivity index (χ2v) is 14.0. The number of carbonyl (C=O) groups is 1. The molecule has 1 radical (unpaired) electrons. The van der Waals surface area contributed by atoms with Gasteiger partial charge in [-0.3, -0.25) is 9.79 Å². The van der Waals surface area contributed by atoms with Gasteiger partial charge in [-0.05, 0) is 82.8 Å². The minimum atomic E-state index is -1.89. The molecule has 11 heteroatoms. The fourth-order valence-corrected chi connectivity index (χ4v) is 7.44. The molecule has 3 aliphatic rings. The molecule has 2 N–H and O–H groups in total. The number of aromatic amines is 2. The Morgan fingerprint density at radius 2 is 1.23 bits per heavy atom. The molecule has 7 aromatic rings. The van der Waals surface area contributed by atoms with Crippen molar-refractivity contribution in [3.63, 3.8) is 0 Å². The summed E-state index contributed by atoms with van der Waals surface area (Å²) in [7, 11) is 1.94. The van der Waals surface area contributed by atoms with Crippen molar-refractivity contribution < 1.29 is 31.8 Å². The van der Waals surface area contributed by atoms with Crippen LogP contribution in [0.25, 0.3) is 11.1 Å². The Labute approximate surface area is 356 Å². The van der Waals surface area contributed by atoms with E-state index in [9.17, 15) is 9.90 Å². The van der Waals surface area contributed by atoms with Crippen LogP contribution in [-0.4, -0.2) is 42.7 Å². The maximum atomic E-state index is 15.5. The third kappa shape index (κ3) is 7.51. The molecule has 10 nitrogen and oxygen atoms in total. The Kier molecular flexibility index (Phi) is 11.0. The molecule has 3 aromatic heterocycles. The third-order valence-electron chi connectivity index (χ3n) is 10.2. The summed E-state index contributed by atoms with van der Waals surface area (Å²) in [4.78, 5) is 37.0. The molecule has 293 valence electrons. The van der Waals surface area contributed by atoms with Crippen LogP contribution in [0.5, 0.6) is 0 Å². The van der Waals surface area contributed by atoms with Crippen LogP contribution in [0.15, 0.2) is 209 Å². The molecule has 0 spiro atoms. The number of hydrogen-bond donors (Lipinski definition) is 2. The maximum Gasteiger partial charge on any atom is 2.00 e. The SMILES string of the molecule is Cn1ccnc1.O=C1N=C(c2ccc(C([O-])(c3ccccc3)c3ccc(/C(=C4/C=CC(C(=C5/C=CC([O-])=N5)/c5ccccc5)=N4)c4ccccc4)[nH]3)[nH]2)c2ccccc21.[Co+2]. The molecule has 6 heterocycles. The molecular formula is C49H35CoN7O3. The maximum absolute atomic E-state index is 15.5. The molecule has 10 rings (SSSR count). The normalized spacial score (nSPS) is 16.5. The van der Waals surface area contributed by atoms with Gasteiger partial charge >= 0.3 is 16.8 Å². The number of aromatic nitrogens is 4. The van der Waals surface area contributed by atoms with Gasteiger partial charge in [0.05, 0.1) is 40.4 Å². The second-order valence-electron chi connectivity index (χ2n) is 14.0. The van der Waals surface area contributed by atoms with Gasteiger partial charge in [-0.1, -0.05) is 109 Å². The topological polar surface area (TPSA) is 150 Å². The number of rotatable bonds is 8. The Morgan fingerprint density at radius 3 is 1.87 bits per heavy atom. The van der Waals surface area contributed by atoms with Gasteiger partial charge in [0.15, 0.2) is 0 Å². The molecule has 0 aliphatic carbocycles. The number of fused-ring (bicyclic) bond motifs is 1. The molecular weight excluding hydrogens is 794 g/mol. The van der Waals surface area contributed by atoms with Crippen LogP contribution >= 0.6 is 0 Å². The van der Waals surface area contributed by atoms with E-state index in [-0.39, 0.29) is 28.6 Å². The summed E-state index contributed by atoms with van der Waals surface area (Å²) in [5, 5.41) is 27.7. The van der Waals surface area contributed by atoms with Gasteiger partial charge in [0.25, 0.3) is 5.91 Å². The standard InChI is InChI=1S/C45H30N5O3.C4H6N2.Co/c51-40-27-24-36(49-40)42(29-14-6-2-7-15-29)34-21-20-33(46-34)41(28-12-4-1-5-13-28)35-22-25-38(47-35)45(53,30-16-8-3-9-17-30)39-26-23-37(48-39)43-31-18-10-11-19-32(31)44(52)50-43;1-6-3-2-5-4-6;/h1-27,47-48H,(H,49,51);2-4H,1H3;/q-1;;+2/p-1/b41-33-,42-36-;;. The zero-order valence-electron chi connectivity index (χ0n) is 32.1. The van der Waals surface area contributed by atoms with Crippen molar-refractivity contribution in [1.82, 2.24) is 19.5 Å². The van der Waals surface area contributed by atoms with Gasteiger partial charge in [-0.2, -0.15) is 0 Å². The zero-order valence-corrected chi connectivity index (χ0v) is 33.2. The van der Waals surface area contributed by atoms with E-state index in [1.807, 2.05) is 151 Å². The number of aryl methyl sites for hydroxylation is 1. The average molecular weight is 829 g/mol. The Morgan fingerprint density at radius 1 is 0.633 bits per heavy atom. The number of nitrogens with one attached hydrogen (secondary N) is 2. The first kappa shape index (κ1) is 39.4. The van der Waals surface area contributed by atoms with Gasteiger partial charge in [0.1, 0.15) is 0 Å². The molecule has 1 unspecified atom stereocenters. The molecule has 1 atom stereocenters. The fraction of sp³-hybridized carbons (Fsp3) is 0.0408. The monoisotopic (exact) mass is 828 g/mol. The number of amides is 1. The van der Waals surface area contributed by atoms with Crippen molar-refractivity contribution >= 4 is 34.4 Å². The average Bonchev–Trinajstić information content (AvgIpc) is 4.15. The van der Waals surface area contributed by atoms with Gasteiger partial charge < -0.3 is 24.7 Å². The van der Waals surface area contributed by atoms with Crippen molar-refractivity contribution in [2.24, 2.45) is 22.0 Å². The van der Waals surface area contributed by atoms with E-state index in [0.29, 0.717) is 56.7 Å². The van der Waals surface area contributed by atoms with Gasteiger partial charge in [-0.25, -0.2) is 15.0 Å². The van der Waals surface area contributed by atoms with Gasteiger partial charge in [0, 0.05) is 53.2 Å². The molecule has 0 bridgehead atoms. The van der Waals surface area contributed by atoms with Crippen LogP contribution in [0.4, 0.5) is 0 Å². The summed E-state index contributed by atoms with van der Waals surface area (Å²) in [6.07, 6.45) is 12.4. The van der Waals surface area contributed by atoms with E-state index in [4.69, 9.17) is 4.99 Å². The van der Waals surface area contributed by atoms with Crippen LogP contribution < -0.4 is 10.2 Å². The molecule has 0 fully saturated rings. The summed E-state index contributed by atoms with van der Waals surface area (Å²) >= 11 is 0. The fourth-order valence-electron chi connectivity index (χ4n) is 7.44. The smallest absolute Gasteiger partial charge is 0.859 e. The second kappa shape index (κ2) is 16.8. The zero-order chi connectivity index (χ0) is 40.3.